The first kappa shape index (κ1) is 16.0. The second-order valence-electron chi connectivity index (χ2n) is 5.51. The van der Waals surface area contributed by atoms with Gasteiger partial charge in [-0.1, -0.05) is 13.8 Å². The Morgan fingerprint density at radius 3 is 2.19 bits per heavy atom. The van der Waals surface area contributed by atoms with Crippen LogP contribution < -0.4 is 0 Å². The highest BCUT2D eigenvalue weighted by Gasteiger charge is 2.27. The average molecular weight is 250 g/mol. The first-order chi connectivity index (χ1) is 7.13. The summed E-state index contributed by atoms with van der Waals surface area (Å²) in [6, 6.07) is 0. The van der Waals surface area contributed by atoms with Crippen LogP contribution >= 0.6 is 8.15 Å². The van der Waals surface area contributed by atoms with E-state index in [2.05, 4.69) is 0 Å². The minimum atomic E-state index is -1.67. The normalized spacial score (nSPS) is 16.2. The Bertz CT molecular complexity index is 226. The van der Waals surface area contributed by atoms with Crippen molar-refractivity contribution in [1.82, 2.24) is 0 Å². The van der Waals surface area contributed by atoms with Crippen molar-refractivity contribution in [1.29, 1.82) is 0 Å². The van der Waals surface area contributed by atoms with Crippen molar-refractivity contribution >= 4 is 13.7 Å². The molecule has 1 N–H and O–H groups in total. The number of likely N-dealkylation sites (N-methyl/N-ethyl adjacent to an activating group) is 1. The SMILES string of the molecule is CC(C)COC(C)P(O)C(=O)C[N+](C)(C)C. The van der Waals surface area contributed by atoms with E-state index in [4.69, 9.17) is 4.74 Å². The molecule has 0 aromatic carbocycles. The van der Waals surface area contributed by atoms with Crippen LogP contribution in [-0.2, 0) is 9.53 Å². The first-order valence-electron chi connectivity index (χ1n) is 5.56. The Kier molecular flexibility index (Phi) is 6.64. The molecule has 0 saturated heterocycles. The summed E-state index contributed by atoms with van der Waals surface area (Å²) in [5.41, 5.74) is -0.0984. The lowest BCUT2D eigenvalue weighted by Gasteiger charge is -2.25. The number of quaternary nitrogens is 1. The molecule has 2 atom stereocenters. The van der Waals surface area contributed by atoms with E-state index in [0.29, 0.717) is 23.6 Å². The zero-order valence-electron chi connectivity index (χ0n) is 11.2. The predicted octanol–water partition coefficient (Wildman–Crippen LogP) is 1.63. The van der Waals surface area contributed by atoms with Gasteiger partial charge in [-0.25, -0.2) is 0 Å². The number of rotatable bonds is 7. The first-order valence-corrected chi connectivity index (χ1v) is 6.93. The maximum Gasteiger partial charge on any atom is 0.237 e. The number of nitrogens with zero attached hydrogens (tertiary/aromatic N) is 1. The molecule has 5 heteroatoms. The third-order valence-corrected chi connectivity index (χ3v) is 3.37. The summed E-state index contributed by atoms with van der Waals surface area (Å²) >= 11 is 0. The van der Waals surface area contributed by atoms with Crippen LogP contribution in [0.5, 0.6) is 0 Å². The largest absolute Gasteiger partial charge is 0.371 e. The minimum absolute atomic E-state index is 0.0984. The van der Waals surface area contributed by atoms with Crippen LogP contribution in [0.1, 0.15) is 20.8 Å². The third-order valence-electron chi connectivity index (χ3n) is 1.88. The molecule has 0 aliphatic rings. The van der Waals surface area contributed by atoms with Gasteiger partial charge in [0.1, 0.15) is 20.5 Å². The van der Waals surface area contributed by atoms with Gasteiger partial charge in [0, 0.05) is 6.61 Å². The van der Waals surface area contributed by atoms with Gasteiger partial charge in [-0.15, -0.1) is 0 Å². The predicted molar refractivity (Wildman–Crippen MR) is 67.3 cm³/mol. The van der Waals surface area contributed by atoms with Crippen molar-refractivity contribution < 1.29 is 18.9 Å². The third kappa shape index (κ3) is 7.29. The van der Waals surface area contributed by atoms with Gasteiger partial charge in [-0.2, -0.15) is 0 Å². The Morgan fingerprint density at radius 1 is 1.31 bits per heavy atom. The molecule has 2 unspecified atom stereocenters. The van der Waals surface area contributed by atoms with E-state index in [-0.39, 0.29) is 11.4 Å². The van der Waals surface area contributed by atoms with Crippen molar-refractivity contribution in [3.8, 4) is 0 Å². The highest BCUT2D eigenvalue weighted by Crippen LogP contribution is 2.38. The van der Waals surface area contributed by atoms with E-state index in [0.717, 1.165) is 0 Å². The summed E-state index contributed by atoms with van der Waals surface area (Å²) in [6.45, 7) is 6.78. The van der Waals surface area contributed by atoms with Crippen LogP contribution in [0.25, 0.3) is 0 Å². The van der Waals surface area contributed by atoms with Gasteiger partial charge in [-0.05, 0) is 12.8 Å². The maximum absolute atomic E-state index is 11.7. The number of carbonyl (C=O) groups is 1. The second kappa shape index (κ2) is 6.65. The summed E-state index contributed by atoms with van der Waals surface area (Å²) < 4.78 is 5.99. The number of hydrogen-bond acceptors (Lipinski definition) is 3. The van der Waals surface area contributed by atoms with Crippen LogP contribution in [0.4, 0.5) is 0 Å². The molecular weight excluding hydrogens is 225 g/mol. The van der Waals surface area contributed by atoms with E-state index in [1.807, 2.05) is 35.0 Å². The Balaban J connectivity index is 4.12. The Hall–Kier alpha value is -0.0200. The van der Waals surface area contributed by atoms with Gasteiger partial charge >= 0.3 is 0 Å². The van der Waals surface area contributed by atoms with Crippen molar-refractivity contribution in [3.05, 3.63) is 0 Å². The molecule has 16 heavy (non-hydrogen) atoms. The zero-order chi connectivity index (χ0) is 12.9. The van der Waals surface area contributed by atoms with E-state index in [9.17, 15) is 9.69 Å². The number of ether oxygens (including phenoxy) is 1. The van der Waals surface area contributed by atoms with Gasteiger partial charge < -0.3 is 14.1 Å². The lowest BCUT2D eigenvalue weighted by molar-refractivity contribution is -0.861. The minimum Gasteiger partial charge on any atom is -0.371 e. The quantitative estimate of drug-likeness (QED) is 0.552. The standard InChI is InChI=1S/C11H25NO3P/c1-9(2)8-15-10(3)16(14)11(13)7-12(4,5)6/h9-10,14H,7-8H2,1-6H3/q+1. The van der Waals surface area contributed by atoms with Crippen LogP contribution in [0.3, 0.4) is 0 Å². The van der Waals surface area contributed by atoms with Crippen LogP contribution in [0.2, 0.25) is 0 Å². The zero-order valence-corrected chi connectivity index (χ0v) is 12.1. The molecule has 0 aliphatic heterocycles. The molecule has 0 amide bonds. The van der Waals surface area contributed by atoms with Gasteiger partial charge in [0.05, 0.1) is 21.1 Å². The summed E-state index contributed by atoms with van der Waals surface area (Å²) in [6.07, 6.45) is 0. The van der Waals surface area contributed by atoms with Gasteiger partial charge in [0.2, 0.25) is 5.52 Å². The smallest absolute Gasteiger partial charge is 0.237 e. The molecule has 4 nitrogen and oxygen atoms in total. The summed E-state index contributed by atoms with van der Waals surface area (Å²) in [4.78, 5) is 21.6. The molecule has 0 spiro atoms. The Labute approximate surface area is 100 Å². The molecule has 0 radical (unpaired) electrons. The fourth-order valence-electron chi connectivity index (χ4n) is 1.08. The fourth-order valence-corrected chi connectivity index (χ4v) is 2.29. The lowest BCUT2D eigenvalue weighted by atomic mass is 10.2. The summed E-state index contributed by atoms with van der Waals surface area (Å²) in [7, 11) is 4.12. The van der Waals surface area contributed by atoms with Gasteiger partial charge in [0.15, 0.2) is 0 Å². The molecular formula is C11H25NO3P+. The van der Waals surface area contributed by atoms with E-state index in [1.54, 1.807) is 6.92 Å². The molecule has 0 rings (SSSR count). The van der Waals surface area contributed by atoms with E-state index in [1.165, 1.54) is 0 Å². The van der Waals surface area contributed by atoms with Crippen molar-refractivity contribution in [3.63, 3.8) is 0 Å². The number of hydrogen-bond donors (Lipinski definition) is 1. The second-order valence-corrected chi connectivity index (χ2v) is 7.43. The van der Waals surface area contributed by atoms with E-state index < -0.39 is 8.15 Å². The molecule has 0 aliphatic carbocycles. The summed E-state index contributed by atoms with van der Waals surface area (Å²) in [5.74, 6) is 0.0517. The monoisotopic (exact) mass is 250 g/mol. The molecule has 96 valence electrons. The molecule has 0 saturated carbocycles. The highest BCUT2D eigenvalue weighted by atomic mass is 31.1. The Morgan fingerprint density at radius 2 is 1.81 bits per heavy atom. The van der Waals surface area contributed by atoms with Crippen LogP contribution in [0.15, 0.2) is 0 Å². The fraction of sp³-hybridized carbons (Fsp3) is 0.909. The van der Waals surface area contributed by atoms with Crippen molar-refractivity contribution in [2.24, 2.45) is 5.92 Å². The van der Waals surface area contributed by atoms with Crippen molar-refractivity contribution in [2.45, 2.75) is 26.6 Å². The molecule has 0 bridgehead atoms. The highest BCUT2D eigenvalue weighted by molar-refractivity contribution is 7.70. The van der Waals surface area contributed by atoms with Crippen LogP contribution in [-0.4, -0.2) is 55.0 Å². The average Bonchev–Trinajstić information content (AvgIpc) is 2.10. The number of carbonyl (C=O) groups excluding carboxylic acids is 1. The lowest BCUT2D eigenvalue weighted by Crippen LogP contribution is -2.39. The molecule has 0 aromatic rings. The molecule has 0 fully saturated rings. The maximum atomic E-state index is 11.7. The molecule has 0 aromatic heterocycles. The summed E-state index contributed by atoms with van der Waals surface area (Å²) in [5, 5.41) is 0. The van der Waals surface area contributed by atoms with Crippen molar-refractivity contribution in [2.75, 3.05) is 34.3 Å². The van der Waals surface area contributed by atoms with Gasteiger partial charge in [-0.3, -0.25) is 4.79 Å². The topological polar surface area (TPSA) is 46.5 Å². The van der Waals surface area contributed by atoms with Crippen LogP contribution in [0, 0.1) is 5.92 Å². The molecule has 0 heterocycles. The van der Waals surface area contributed by atoms with Gasteiger partial charge in [0.25, 0.3) is 0 Å². The van der Waals surface area contributed by atoms with E-state index >= 15 is 0 Å².